The van der Waals surface area contributed by atoms with Gasteiger partial charge in [0.15, 0.2) is 5.76 Å². The Morgan fingerprint density at radius 1 is 1.25 bits per heavy atom. The van der Waals surface area contributed by atoms with Crippen molar-refractivity contribution in [2.24, 2.45) is 0 Å². The van der Waals surface area contributed by atoms with E-state index in [1.807, 2.05) is 37.3 Å². The lowest BCUT2D eigenvalue weighted by atomic mass is 10.1. The van der Waals surface area contributed by atoms with Gasteiger partial charge < -0.3 is 4.74 Å². The van der Waals surface area contributed by atoms with Crippen LogP contribution in [0.3, 0.4) is 0 Å². The second-order valence-corrected chi connectivity index (χ2v) is 4.35. The Labute approximate surface area is 118 Å². The monoisotopic (exact) mass is 271 g/mol. The molecule has 0 fully saturated rings. The average molecular weight is 271 g/mol. The molecule has 20 heavy (non-hydrogen) atoms. The minimum absolute atomic E-state index is 0.156. The molecule has 1 aromatic rings. The third kappa shape index (κ3) is 3.83. The molecule has 104 valence electrons. The van der Waals surface area contributed by atoms with E-state index < -0.39 is 0 Å². The highest BCUT2D eigenvalue weighted by Crippen LogP contribution is 2.15. The van der Waals surface area contributed by atoms with Crippen molar-refractivity contribution in [3.05, 3.63) is 71.7 Å². The maximum atomic E-state index is 11.5. The molecule has 0 heterocycles. The van der Waals surface area contributed by atoms with Crippen molar-refractivity contribution in [1.82, 2.24) is 5.06 Å². The minimum Gasteiger partial charge on any atom is -0.490 e. The van der Waals surface area contributed by atoms with Crippen LogP contribution in [0.15, 0.2) is 66.1 Å². The number of benzene rings is 1. The Bertz CT molecular complexity index is 558. The van der Waals surface area contributed by atoms with E-state index in [0.717, 1.165) is 10.6 Å². The van der Waals surface area contributed by atoms with E-state index in [1.54, 1.807) is 18.4 Å². The zero-order valence-electron chi connectivity index (χ0n) is 11.3. The molecule has 0 spiro atoms. The number of carbonyl (C=O) groups excluding carboxylic acids is 1. The molecular weight excluding hydrogens is 254 g/mol. The molecule has 0 radical (unpaired) electrons. The number of carbonyl (C=O) groups is 1. The molecule has 4 nitrogen and oxygen atoms in total. The van der Waals surface area contributed by atoms with Gasteiger partial charge in [-0.25, -0.2) is 0 Å². The summed E-state index contributed by atoms with van der Waals surface area (Å²) in [4.78, 5) is 11.5. The molecule has 0 unspecified atom stereocenters. The van der Waals surface area contributed by atoms with Crippen LogP contribution < -0.4 is 0 Å². The van der Waals surface area contributed by atoms with E-state index in [2.05, 4.69) is 0 Å². The quantitative estimate of drug-likeness (QED) is 0.837. The van der Waals surface area contributed by atoms with Crippen LogP contribution in [-0.2, 0) is 16.1 Å². The van der Waals surface area contributed by atoms with Crippen LogP contribution >= 0.6 is 0 Å². The first-order chi connectivity index (χ1) is 9.69. The molecule has 0 aromatic heterocycles. The van der Waals surface area contributed by atoms with Crippen LogP contribution in [0.2, 0.25) is 0 Å². The second-order valence-electron chi connectivity index (χ2n) is 4.35. The Balaban J connectivity index is 2.06. The third-order valence-electron chi connectivity index (χ3n) is 2.75. The smallest absolute Gasteiger partial charge is 0.220 e. The number of hydroxylamine groups is 2. The zero-order valence-corrected chi connectivity index (χ0v) is 11.3. The van der Waals surface area contributed by atoms with Gasteiger partial charge in [0.2, 0.25) is 5.78 Å². The number of hydrogen-bond donors (Lipinski definition) is 1. The van der Waals surface area contributed by atoms with Crippen molar-refractivity contribution in [3.63, 3.8) is 0 Å². The van der Waals surface area contributed by atoms with Crippen molar-refractivity contribution in [3.8, 4) is 0 Å². The number of rotatable bonds is 5. The van der Waals surface area contributed by atoms with Gasteiger partial charge in [0.1, 0.15) is 0 Å². The van der Waals surface area contributed by atoms with Crippen molar-refractivity contribution in [2.45, 2.75) is 13.5 Å². The third-order valence-corrected chi connectivity index (χ3v) is 2.75. The van der Waals surface area contributed by atoms with Crippen LogP contribution in [0.5, 0.6) is 0 Å². The van der Waals surface area contributed by atoms with E-state index in [0.29, 0.717) is 24.5 Å². The number of ether oxygens (including phenoxy) is 1. The normalized spacial score (nSPS) is 16.2. The van der Waals surface area contributed by atoms with Gasteiger partial charge in [-0.3, -0.25) is 15.1 Å². The van der Waals surface area contributed by atoms with Gasteiger partial charge >= 0.3 is 0 Å². The minimum atomic E-state index is -0.156. The summed E-state index contributed by atoms with van der Waals surface area (Å²) in [5.74, 6) is 0.144. The van der Waals surface area contributed by atoms with E-state index in [4.69, 9.17) is 4.74 Å². The molecule has 1 aromatic carbocycles. The Morgan fingerprint density at radius 2 is 2.00 bits per heavy atom. The predicted octanol–water partition coefficient (Wildman–Crippen LogP) is 2.82. The van der Waals surface area contributed by atoms with Gasteiger partial charge in [0, 0.05) is 6.20 Å². The van der Waals surface area contributed by atoms with Gasteiger partial charge in [-0.15, -0.1) is 0 Å². The molecule has 0 aliphatic heterocycles. The van der Waals surface area contributed by atoms with Gasteiger partial charge in [0.25, 0.3) is 0 Å². The first kappa shape index (κ1) is 14.1. The summed E-state index contributed by atoms with van der Waals surface area (Å²) in [6, 6.07) is 9.63. The lowest BCUT2D eigenvalue weighted by Gasteiger charge is -2.15. The highest BCUT2D eigenvalue weighted by molar-refractivity contribution is 6.04. The van der Waals surface area contributed by atoms with E-state index >= 15 is 0 Å². The Morgan fingerprint density at radius 3 is 2.70 bits per heavy atom. The summed E-state index contributed by atoms with van der Waals surface area (Å²) in [7, 11) is 0. The lowest BCUT2D eigenvalue weighted by Crippen LogP contribution is -2.13. The molecule has 0 bridgehead atoms. The molecule has 2 rings (SSSR count). The van der Waals surface area contributed by atoms with E-state index in [9.17, 15) is 10.0 Å². The van der Waals surface area contributed by atoms with Crippen LogP contribution in [0.4, 0.5) is 0 Å². The van der Waals surface area contributed by atoms with E-state index in [1.165, 1.54) is 6.08 Å². The summed E-state index contributed by atoms with van der Waals surface area (Å²) in [5, 5.41) is 11.0. The highest BCUT2D eigenvalue weighted by Gasteiger charge is 2.12. The average Bonchev–Trinajstić information content (AvgIpc) is 2.44. The summed E-state index contributed by atoms with van der Waals surface area (Å²) in [6.45, 7) is 2.64. The molecule has 0 atom stereocenters. The molecule has 0 saturated heterocycles. The maximum absolute atomic E-state index is 11.5. The number of ketones is 1. The molecule has 1 aliphatic rings. The molecule has 4 heteroatoms. The predicted molar refractivity (Wildman–Crippen MR) is 75.7 cm³/mol. The van der Waals surface area contributed by atoms with Crippen molar-refractivity contribution < 1.29 is 14.7 Å². The first-order valence-corrected chi connectivity index (χ1v) is 6.47. The number of hydrogen-bond acceptors (Lipinski definition) is 4. The standard InChI is InChI=1S/C16H17NO3/c1-2-20-16-10-14(8-9-15(16)18)12-17(19)11-13-6-4-3-5-7-13/h3-10,12,19H,2,11H2,1H3/b14-12-. The topological polar surface area (TPSA) is 49.8 Å². The highest BCUT2D eigenvalue weighted by atomic mass is 16.5. The number of nitrogens with zero attached hydrogens (tertiary/aromatic N) is 1. The van der Waals surface area contributed by atoms with Gasteiger partial charge in [-0.2, -0.15) is 0 Å². The van der Waals surface area contributed by atoms with Crippen molar-refractivity contribution >= 4 is 5.78 Å². The van der Waals surface area contributed by atoms with Gasteiger partial charge in [0.05, 0.1) is 13.2 Å². The first-order valence-electron chi connectivity index (χ1n) is 6.47. The van der Waals surface area contributed by atoms with Gasteiger partial charge in [-0.05, 0) is 36.3 Å². The van der Waals surface area contributed by atoms with Crippen LogP contribution in [0.1, 0.15) is 12.5 Å². The fraction of sp³-hybridized carbons (Fsp3) is 0.188. The SMILES string of the molecule is CCOC1=C/C(=C\N(O)Cc2ccccc2)C=CC1=O. The fourth-order valence-electron chi connectivity index (χ4n) is 1.86. The summed E-state index contributed by atoms with van der Waals surface area (Å²) in [6.07, 6.45) is 6.28. The summed E-state index contributed by atoms with van der Waals surface area (Å²) < 4.78 is 5.24. The summed E-state index contributed by atoms with van der Waals surface area (Å²) >= 11 is 0. The van der Waals surface area contributed by atoms with Crippen LogP contribution in [-0.4, -0.2) is 22.7 Å². The molecule has 1 aliphatic carbocycles. The molecule has 0 saturated carbocycles. The van der Waals surface area contributed by atoms with Gasteiger partial charge in [-0.1, -0.05) is 30.3 Å². The van der Waals surface area contributed by atoms with Crippen molar-refractivity contribution in [1.29, 1.82) is 0 Å². The fourth-order valence-corrected chi connectivity index (χ4v) is 1.86. The van der Waals surface area contributed by atoms with Crippen molar-refractivity contribution in [2.75, 3.05) is 6.61 Å². The molecule has 0 amide bonds. The lowest BCUT2D eigenvalue weighted by molar-refractivity contribution is -0.114. The Hall–Kier alpha value is -2.33. The Kier molecular flexibility index (Phi) is 4.74. The summed E-state index contributed by atoms with van der Waals surface area (Å²) in [5.41, 5.74) is 1.71. The molecule has 1 N–H and O–H groups in total. The largest absolute Gasteiger partial charge is 0.490 e. The molecular formula is C16H17NO3. The van der Waals surface area contributed by atoms with Crippen LogP contribution in [0, 0.1) is 0 Å². The zero-order chi connectivity index (χ0) is 14.4. The second kappa shape index (κ2) is 6.73. The maximum Gasteiger partial charge on any atom is 0.220 e. The van der Waals surface area contributed by atoms with E-state index in [-0.39, 0.29) is 5.78 Å². The van der Waals surface area contributed by atoms with Crippen LogP contribution in [0.25, 0.3) is 0 Å². The number of allylic oxidation sites excluding steroid dienone is 4.